The zero-order valence-electron chi connectivity index (χ0n) is 32.8. The number of aliphatic hydroxyl groups is 1. The fraction of sp³-hybridized carbons (Fsp3) is 0.500. The number of hydroxylamine groups is 2. The summed E-state index contributed by atoms with van der Waals surface area (Å²) in [5.74, 6) is -2.96. The SMILES string of the molecule is CC(CCCCNC(=O)CCCC(=O)NCCOCCOCCNC(=O)CCc1ccc(C(=O)ON2C(=O)CCC2=O)cc1)(C(=O)NC(=O)NCO)c1ccccc1. The number of rotatable bonds is 26. The van der Waals surface area contributed by atoms with Crippen molar-refractivity contribution < 1.29 is 57.8 Å². The first-order valence-corrected chi connectivity index (χ1v) is 19.3. The summed E-state index contributed by atoms with van der Waals surface area (Å²) in [6.45, 7) is 3.35. The molecule has 2 aromatic rings. The number of urea groups is 1. The van der Waals surface area contributed by atoms with Gasteiger partial charge in [0.1, 0.15) is 6.73 Å². The molecule has 1 atom stereocenters. The normalized spacial score (nSPS) is 13.3. The Balaban J connectivity index is 1.13. The van der Waals surface area contributed by atoms with Crippen LogP contribution in [0.1, 0.15) is 86.2 Å². The number of nitrogens with zero attached hydrogens (tertiary/aromatic N) is 1. The van der Waals surface area contributed by atoms with E-state index in [2.05, 4.69) is 26.6 Å². The quantitative estimate of drug-likeness (QED) is 0.0447. The first-order valence-electron chi connectivity index (χ1n) is 19.3. The largest absolute Gasteiger partial charge is 0.377 e. The van der Waals surface area contributed by atoms with Crippen LogP contribution < -0.4 is 26.6 Å². The van der Waals surface area contributed by atoms with Crippen LogP contribution >= 0.6 is 0 Å². The van der Waals surface area contributed by atoms with Crippen molar-refractivity contribution in [1.29, 1.82) is 0 Å². The molecule has 0 spiro atoms. The molecule has 3 rings (SSSR count). The Morgan fingerprint density at radius 3 is 1.84 bits per heavy atom. The maximum Gasteiger partial charge on any atom is 0.363 e. The Morgan fingerprint density at radius 2 is 1.26 bits per heavy atom. The van der Waals surface area contributed by atoms with Crippen LogP contribution in [0.3, 0.4) is 0 Å². The number of amides is 8. The van der Waals surface area contributed by atoms with E-state index in [0.29, 0.717) is 76.6 Å². The van der Waals surface area contributed by atoms with Crippen molar-refractivity contribution in [2.75, 3.05) is 52.8 Å². The number of benzene rings is 2. The van der Waals surface area contributed by atoms with Gasteiger partial charge in [0.15, 0.2) is 0 Å². The van der Waals surface area contributed by atoms with Crippen LogP contribution in [0.2, 0.25) is 0 Å². The number of nitrogens with one attached hydrogen (secondary N) is 5. The number of hydrogen-bond donors (Lipinski definition) is 6. The van der Waals surface area contributed by atoms with Crippen molar-refractivity contribution in [2.45, 2.75) is 76.5 Å². The third kappa shape index (κ3) is 16.8. The fourth-order valence-electron chi connectivity index (χ4n) is 5.76. The second kappa shape index (κ2) is 25.5. The van der Waals surface area contributed by atoms with Crippen molar-refractivity contribution >= 4 is 47.4 Å². The lowest BCUT2D eigenvalue weighted by Crippen LogP contribution is -2.48. The molecular weight excluding hydrogens is 756 g/mol. The van der Waals surface area contributed by atoms with Crippen LogP contribution in [0.5, 0.6) is 0 Å². The van der Waals surface area contributed by atoms with E-state index in [1.165, 1.54) is 12.1 Å². The molecule has 0 radical (unpaired) electrons. The molecule has 0 bridgehead atoms. The molecule has 316 valence electrons. The Labute approximate surface area is 337 Å². The van der Waals surface area contributed by atoms with Crippen LogP contribution in [0.15, 0.2) is 54.6 Å². The summed E-state index contributed by atoms with van der Waals surface area (Å²) in [4.78, 5) is 102. The van der Waals surface area contributed by atoms with Gasteiger partial charge in [0, 0.05) is 51.7 Å². The highest BCUT2D eigenvalue weighted by Gasteiger charge is 2.36. The highest BCUT2D eigenvalue weighted by atomic mass is 16.7. The van der Waals surface area contributed by atoms with Gasteiger partial charge in [-0.15, -0.1) is 5.06 Å². The molecular formula is C40H54N6O12. The molecule has 0 saturated carbocycles. The number of imide groups is 2. The third-order valence-corrected chi connectivity index (χ3v) is 9.13. The van der Waals surface area contributed by atoms with Gasteiger partial charge in [-0.25, -0.2) is 9.59 Å². The summed E-state index contributed by atoms with van der Waals surface area (Å²) in [5.41, 5.74) is 0.730. The minimum absolute atomic E-state index is 0.0132. The van der Waals surface area contributed by atoms with Gasteiger partial charge in [0.05, 0.1) is 37.4 Å². The van der Waals surface area contributed by atoms with Gasteiger partial charge < -0.3 is 40.7 Å². The smallest absolute Gasteiger partial charge is 0.363 e. The van der Waals surface area contributed by atoms with Crippen LogP contribution in [0.25, 0.3) is 0 Å². The number of carbonyl (C=O) groups is 8. The number of carbonyl (C=O) groups excluding carboxylic acids is 8. The Hall–Kier alpha value is -5.72. The molecule has 18 heteroatoms. The van der Waals surface area contributed by atoms with E-state index in [-0.39, 0.29) is 62.0 Å². The van der Waals surface area contributed by atoms with E-state index >= 15 is 0 Å². The molecule has 1 saturated heterocycles. The first-order chi connectivity index (χ1) is 27.9. The predicted molar refractivity (Wildman–Crippen MR) is 207 cm³/mol. The predicted octanol–water partition coefficient (Wildman–Crippen LogP) is 1.30. The Kier molecular flexibility index (Phi) is 20.5. The molecule has 0 aromatic heterocycles. The molecule has 1 fully saturated rings. The molecule has 1 aliphatic rings. The van der Waals surface area contributed by atoms with Crippen LogP contribution in [-0.2, 0) is 54.9 Å². The average molecular weight is 811 g/mol. The van der Waals surface area contributed by atoms with Gasteiger partial charge in [-0.2, -0.15) is 0 Å². The molecule has 18 nitrogen and oxygen atoms in total. The molecule has 8 amide bonds. The van der Waals surface area contributed by atoms with E-state index in [1.807, 2.05) is 30.3 Å². The summed E-state index contributed by atoms with van der Waals surface area (Å²) < 4.78 is 10.9. The number of ether oxygens (including phenoxy) is 2. The molecule has 6 N–H and O–H groups in total. The molecule has 1 aliphatic heterocycles. The number of hydrogen-bond acceptors (Lipinski definition) is 12. The number of aryl methyl sites for hydroxylation is 1. The maximum atomic E-state index is 13.0. The Morgan fingerprint density at radius 1 is 0.690 bits per heavy atom. The third-order valence-electron chi connectivity index (χ3n) is 9.13. The summed E-state index contributed by atoms with van der Waals surface area (Å²) in [5, 5.41) is 22.1. The molecule has 0 aliphatic carbocycles. The fourth-order valence-corrected chi connectivity index (χ4v) is 5.76. The summed E-state index contributed by atoms with van der Waals surface area (Å²) >= 11 is 0. The van der Waals surface area contributed by atoms with Crippen molar-refractivity contribution in [2.24, 2.45) is 0 Å². The van der Waals surface area contributed by atoms with Crippen molar-refractivity contribution in [3.05, 3.63) is 71.3 Å². The number of unbranched alkanes of at least 4 members (excludes halogenated alkanes) is 1. The molecule has 2 aromatic carbocycles. The van der Waals surface area contributed by atoms with Crippen molar-refractivity contribution in [3.8, 4) is 0 Å². The average Bonchev–Trinajstić information content (AvgIpc) is 3.53. The van der Waals surface area contributed by atoms with Crippen LogP contribution in [0.4, 0.5) is 4.79 Å². The second-order valence-electron chi connectivity index (χ2n) is 13.6. The van der Waals surface area contributed by atoms with Crippen molar-refractivity contribution in [3.63, 3.8) is 0 Å². The second-order valence-corrected chi connectivity index (χ2v) is 13.6. The summed E-state index contributed by atoms with van der Waals surface area (Å²) in [7, 11) is 0. The first kappa shape index (κ1) is 46.7. The molecule has 1 heterocycles. The van der Waals surface area contributed by atoms with Crippen molar-refractivity contribution in [1.82, 2.24) is 31.6 Å². The summed E-state index contributed by atoms with van der Waals surface area (Å²) in [6.07, 6.45) is 3.06. The van der Waals surface area contributed by atoms with E-state index in [4.69, 9.17) is 19.4 Å². The Bertz CT molecular complexity index is 1670. The van der Waals surface area contributed by atoms with Gasteiger partial charge >= 0.3 is 12.0 Å². The van der Waals surface area contributed by atoms with Gasteiger partial charge in [-0.3, -0.25) is 34.1 Å². The molecule has 1 unspecified atom stereocenters. The maximum absolute atomic E-state index is 13.0. The minimum atomic E-state index is -1.00. The number of aliphatic hydroxyl groups excluding tert-OH is 1. The summed E-state index contributed by atoms with van der Waals surface area (Å²) in [6, 6.07) is 14.6. The standard InChI is InChI=1S/C40H54N6O12/c1-40(31-8-3-2-4-9-31,38(54)45-39(55)44-28-47)20-5-6-21-41-32(48)10-7-11-33(49)42-22-24-56-26-27-57-25-23-43-34(50)17-14-29-12-15-30(16-13-29)37(53)58-46-35(51)18-19-36(46)52/h2-4,8-9,12-13,15-16,47H,5-7,10-11,14,17-28H2,1H3,(H,41,48)(H,42,49)(H,43,50)(H2,44,45,54,55). The lowest BCUT2D eigenvalue weighted by molar-refractivity contribution is -0.172. The topological polar surface area (TPSA) is 248 Å². The highest BCUT2D eigenvalue weighted by molar-refractivity contribution is 6.03. The zero-order chi connectivity index (χ0) is 42.2. The zero-order valence-corrected chi connectivity index (χ0v) is 32.8. The van der Waals surface area contributed by atoms with E-state index in [0.717, 1.165) is 11.1 Å². The van der Waals surface area contributed by atoms with E-state index in [1.54, 1.807) is 19.1 Å². The van der Waals surface area contributed by atoms with E-state index in [9.17, 15) is 38.4 Å². The van der Waals surface area contributed by atoms with Gasteiger partial charge in [-0.05, 0) is 55.9 Å². The van der Waals surface area contributed by atoms with E-state index < -0.39 is 41.9 Å². The highest BCUT2D eigenvalue weighted by Crippen LogP contribution is 2.30. The lowest BCUT2D eigenvalue weighted by Gasteiger charge is -2.28. The minimum Gasteiger partial charge on any atom is -0.377 e. The van der Waals surface area contributed by atoms with Crippen LogP contribution in [-0.4, -0.2) is 110 Å². The van der Waals surface area contributed by atoms with Crippen LogP contribution in [0, 0.1) is 0 Å². The van der Waals surface area contributed by atoms with Gasteiger partial charge in [0.25, 0.3) is 11.8 Å². The van der Waals surface area contributed by atoms with Gasteiger partial charge in [0.2, 0.25) is 23.6 Å². The molecule has 58 heavy (non-hydrogen) atoms. The van der Waals surface area contributed by atoms with Gasteiger partial charge in [-0.1, -0.05) is 48.9 Å². The monoisotopic (exact) mass is 810 g/mol. The lowest BCUT2D eigenvalue weighted by atomic mass is 9.77.